The number of aliphatic imine (C=N–C) groups is 1. The zero-order chi connectivity index (χ0) is 15.6. The summed E-state index contributed by atoms with van der Waals surface area (Å²) in [7, 11) is 0. The minimum Gasteiger partial charge on any atom is -0.494 e. The van der Waals surface area contributed by atoms with Gasteiger partial charge in [0, 0.05) is 6.21 Å². The first-order valence-corrected chi connectivity index (χ1v) is 6.29. The number of rotatable bonds is 3. The SMILES string of the molecule is O=C(O)c1cc(N=Cc2c(O)[nH]c(=S)[nH]c2=O)ccc1Cl. The van der Waals surface area contributed by atoms with Crippen LogP contribution in [0.5, 0.6) is 5.88 Å². The van der Waals surface area contributed by atoms with Gasteiger partial charge in [-0.05, 0) is 30.4 Å². The van der Waals surface area contributed by atoms with Crippen molar-refractivity contribution in [2.45, 2.75) is 0 Å². The molecular weight excluding hydrogens is 318 g/mol. The number of aromatic hydroxyl groups is 1. The van der Waals surface area contributed by atoms with E-state index in [1.54, 1.807) is 0 Å². The molecule has 0 saturated carbocycles. The molecule has 0 aliphatic heterocycles. The van der Waals surface area contributed by atoms with Gasteiger partial charge in [-0.2, -0.15) is 0 Å². The molecule has 9 heteroatoms. The molecule has 0 radical (unpaired) electrons. The monoisotopic (exact) mass is 325 g/mol. The Balaban J connectivity index is 2.43. The maximum atomic E-state index is 11.6. The number of H-pyrrole nitrogens is 2. The van der Waals surface area contributed by atoms with E-state index >= 15 is 0 Å². The van der Waals surface area contributed by atoms with Crippen LogP contribution in [0.25, 0.3) is 0 Å². The zero-order valence-corrected chi connectivity index (χ0v) is 11.8. The summed E-state index contributed by atoms with van der Waals surface area (Å²) in [5.74, 6) is -1.62. The molecule has 0 aliphatic carbocycles. The summed E-state index contributed by atoms with van der Waals surface area (Å²) in [5, 5.41) is 18.6. The highest BCUT2D eigenvalue weighted by Gasteiger charge is 2.09. The summed E-state index contributed by atoms with van der Waals surface area (Å²) in [4.78, 5) is 31.1. The third kappa shape index (κ3) is 3.36. The number of aromatic amines is 2. The normalized spacial score (nSPS) is 10.9. The fourth-order valence-corrected chi connectivity index (χ4v) is 1.89. The lowest BCUT2D eigenvalue weighted by Crippen LogP contribution is -2.13. The average molecular weight is 326 g/mol. The van der Waals surface area contributed by atoms with Crippen molar-refractivity contribution in [1.82, 2.24) is 9.97 Å². The van der Waals surface area contributed by atoms with Crippen LogP contribution in [0.4, 0.5) is 5.69 Å². The summed E-state index contributed by atoms with van der Waals surface area (Å²) in [6, 6.07) is 4.10. The number of aromatic carboxylic acids is 1. The van der Waals surface area contributed by atoms with Crippen LogP contribution >= 0.6 is 23.8 Å². The van der Waals surface area contributed by atoms with E-state index in [-0.39, 0.29) is 26.6 Å². The van der Waals surface area contributed by atoms with E-state index in [1.807, 2.05) is 0 Å². The van der Waals surface area contributed by atoms with Gasteiger partial charge in [0.25, 0.3) is 5.56 Å². The van der Waals surface area contributed by atoms with E-state index in [0.717, 1.165) is 6.21 Å². The van der Waals surface area contributed by atoms with Crippen molar-refractivity contribution in [1.29, 1.82) is 0 Å². The molecule has 0 saturated heterocycles. The Morgan fingerprint density at radius 1 is 1.38 bits per heavy atom. The summed E-state index contributed by atoms with van der Waals surface area (Å²) < 4.78 is -0.0192. The topological polar surface area (TPSA) is 119 Å². The van der Waals surface area contributed by atoms with Crippen molar-refractivity contribution in [3.8, 4) is 5.88 Å². The van der Waals surface area contributed by atoms with Gasteiger partial charge in [0.2, 0.25) is 5.88 Å². The summed E-state index contributed by atoms with van der Waals surface area (Å²) in [5.41, 5.74) is -0.599. The molecule has 4 N–H and O–H groups in total. The molecule has 2 aromatic rings. The van der Waals surface area contributed by atoms with Gasteiger partial charge in [-0.25, -0.2) is 4.79 Å². The predicted octanol–water partition coefficient (Wildman–Crippen LogP) is 2.24. The summed E-state index contributed by atoms with van der Waals surface area (Å²) in [6.45, 7) is 0. The first-order chi connectivity index (χ1) is 9.88. The van der Waals surface area contributed by atoms with E-state index in [0.29, 0.717) is 0 Å². The Morgan fingerprint density at radius 3 is 2.71 bits per heavy atom. The van der Waals surface area contributed by atoms with E-state index in [4.69, 9.17) is 16.7 Å². The minimum absolute atomic E-state index is 0.0192. The number of nitrogens with one attached hydrogen (secondary N) is 2. The number of hydrogen-bond acceptors (Lipinski definition) is 5. The molecule has 1 aromatic heterocycles. The maximum absolute atomic E-state index is 11.6. The van der Waals surface area contributed by atoms with Crippen LogP contribution in [-0.2, 0) is 0 Å². The van der Waals surface area contributed by atoms with Crippen LogP contribution in [0.3, 0.4) is 0 Å². The summed E-state index contributed by atoms with van der Waals surface area (Å²) >= 11 is 10.4. The van der Waals surface area contributed by atoms with Crippen LogP contribution < -0.4 is 5.56 Å². The number of benzene rings is 1. The van der Waals surface area contributed by atoms with Gasteiger partial charge >= 0.3 is 5.97 Å². The molecule has 1 heterocycles. The maximum Gasteiger partial charge on any atom is 0.337 e. The Bertz CT molecular complexity index is 856. The number of aromatic nitrogens is 2. The molecule has 0 unspecified atom stereocenters. The second kappa shape index (κ2) is 5.90. The zero-order valence-electron chi connectivity index (χ0n) is 10.3. The number of carboxylic acid groups (broad SMARTS) is 1. The van der Waals surface area contributed by atoms with Gasteiger partial charge in [0.1, 0.15) is 5.56 Å². The van der Waals surface area contributed by atoms with Crippen molar-refractivity contribution in [2.75, 3.05) is 0 Å². The lowest BCUT2D eigenvalue weighted by atomic mass is 10.2. The number of halogens is 1. The highest BCUT2D eigenvalue weighted by Crippen LogP contribution is 2.22. The first kappa shape index (κ1) is 14.9. The predicted molar refractivity (Wildman–Crippen MR) is 79.6 cm³/mol. The van der Waals surface area contributed by atoms with Crippen molar-refractivity contribution < 1.29 is 15.0 Å². The van der Waals surface area contributed by atoms with Crippen molar-refractivity contribution in [3.63, 3.8) is 0 Å². The smallest absolute Gasteiger partial charge is 0.337 e. The number of carboxylic acids is 1. The van der Waals surface area contributed by atoms with Crippen LogP contribution in [0.1, 0.15) is 15.9 Å². The van der Waals surface area contributed by atoms with Gasteiger partial charge in [-0.3, -0.25) is 14.8 Å². The van der Waals surface area contributed by atoms with Gasteiger partial charge < -0.3 is 15.2 Å². The number of nitrogens with zero attached hydrogens (tertiary/aromatic N) is 1. The Hall–Kier alpha value is -2.45. The summed E-state index contributed by atoms with van der Waals surface area (Å²) in [6.07, 6.45) is 1.09. The fraction of sp³-hybridized carbons (Fsp3) is 0. The molecule has 2 rings (SSSR count). The van der Waals surface area contributed by atoms with Crippen molar-refractivity contribution in [3.05, 3.63) is 49.5 Å². The number of hydrogen-bond donors (Lipinski definition) is 4. The fourth-order valence-electron chi connectivity index (χ4n) is 1.50. The van der Waals surface area contributed by atoms with E-state index in [2.05, 4.69) is 27.2 Å². The Labute approximate surface area is 127 Å². The van der Waals surface area contributed by atoms with Crippen molar-refractivity contribution >= 4 is 41.7 Å². The molecular formula is C12H8ClN3O4S. The average Bonchev–Trinajstić information content (AvgIpc) is 2.38. The standard InChI is InChI=1S/C12H8ClN3O4S/c13-8-2-1-5(3-6(8)11(19)20)14-4-7-9(17)15-12(21)16-10(7)18/h1-4H,(H,19,20)(H3,15,16,17,18,21). The lowest BCUT2D eigenvalue weighted by molar-refractivity contribution is 0.0697. The third-order valence-corrected chi connectivity index (χ3v) is 3.02. The molecule has 0 amide bonds. The van der Waals surface area contributed by atoms with Gasteiger partial charge in [-0.1, -0.05) is 11.6 Å². The van der Waals surface area contributed by atoms with Crippen LogP contribution in [0, 0.1) is 4.77 Å². The molecule has 108 valence electrons. The molecule has 7 nitrogen and oxygen atoms in total. The molecule has 0 atom stereocenters. The van der Waals surface area contributed by atoms with Crippen LogP contribution in [0.15, 0.2) is 28.0 Å². The second-order valence-electron chi connectivity index (χ2n) is 3.90. The second-order valence-corrected chi connectivity index (χ2v) is 4.71. The van der Waals surface area contributed by atoms with Crippen LogP contribution in [0.2, 0.25) is 5.02 Å². The molecule has 0 aliphatic rings. The molecule has 0 fully saturated rings. The van der Waals surface area contributed by atoms with Crippen LogP contribution in [-0.4, -0.2) is 32.4 Å². The highest BCUT2D eigenvalue weighted by atomic mass is 35.5. The molecule has 1 aromatic carbocycles. The molecule has 0 spiro atoms. The van der Waals surface area contributed by atoms with E-state index < -0.39 is 17.4 Å². The van der Waals surface area contributed by atoms with Crippen molar-refractivity contribution in [2.24, 2.45) is 4.99 Å². The Morgan fingerprint density at radius 2 is 2.10 bits per heavy atom. The molecule has 0 bridgehead atoms. The first-order valence-electron chi connectivity index (χ1n) is 5.51. The largest absolute Gasteiger partial charge is 0.494 e. The van der Waals surface area contributed by atoms with Gasteiger partial charge in [0.15, 0.2) is 4.77 Å². The molecule has 21 heavy (non-hydrogen) atoms. The quantitative estimate of drug-likeness (QED) is 0.510. The van der Waals surface area contributed by atoms with Gasteiger partial charge in [0.05, 0.1) is 16.3 Å². The van der Waals surface area contributed by atoms with E-state index in [9.17, 15) is 14.7 Å². The third-order valence-electron chi connectivity index (χ3n) is 2.48. The highest BCUT2D eigenvalue weighted by molar-refractivity contribution is 7.71. The number of carbonyl (C=O) groups is 1. The minimum atomic E-state index is -1.19. The van der Waals surface area contributed by atoms with E-state index in [1.165, 1.54) is 18.2 Å². The lowest BCUT2D eigenvalue weighted by Gasteiger charge is -2.00. The van der Waals surface area contributed by atoms with Gasteiger partial charge in [-0.15, -0.1) is 0 Å². The Kier molecular flexibility index (Phi) is 4.20.